The molecule has 0 spiro atoms. The number of rotatable bonds is 4. The fourth-order valence-electron chi connectivity index (χ4n) is 4.85. The van der Waals surface area contributed by atoms with Crippen molar-refractivity contribution in [2.75, 3.05) is 19.6 Å². The summed E-state index contributed by atoms with van der Waals surface area (Å²) in [6.45, 7) is 3.18. The smallest absolute Gasteiger partial charge is 0.306 e. The number of imidazole rings is 1. The Labute approximate surface area is 174 Å². The van der Waals surface area contributed by atoms with Gasteiger partial charge in [-0.3, -0.25) is 4.57 Å². The van der Waals surface area contributed by atoms with Crippen LogP contribution in [0.1, 0.15) is 42.5 Å². The van der Waals surface area contributed by atoms with Gasteiger partial charge in [0.1, 0.15) is 5.82 Å². The quantitative estimate of drug-likeness (QED) is 0.674. The van der Waals surface area contributed by atoms with Crippen LogP contribution in [-0.4, -0.2) is 39.3 Å². The van der Waals surface area contributed by atoms with Crippen LogP contribution in [0, 0.1) is 5.82 Å². The normalized spacial score (nSPS) is 23.8. The van der Waals surface area contributed by atoms with E-state index in [2.05, 4.69) is 9.88 Å². The molecule has 6 heteroatoms. The van der Waals surface area contributed by atoms with Gasteiger partial charge in [0.2, 0.25) is 0 Å². The molecule has 1 aromatic heterocycles. The fourth-order valence-corrected chi connectivity index (χ4v) is 6.47. The minimum absolute atomic E-state index is 0.0122. The summed E-state index contributed by atoms with van der Waals surface area (Å²) in [7, 11) is 0. The Morgan fingerprint density at radius 2 is 1.76 bits per heavy atom. The third-order valence-electron chi connectivity index (χ3n) is 6.36. The van der Waals surface area contributed by atoms with Gasteiger partial charge in [0.05, 0.1) is 11.0 Å². The molecular formula is C23H26FN3OS. The van der Waals surface area contributed by atoms with Crippen molar-refractivity contribution in [2.24, 2.45) is 0 Å². The average molecular weight is 412 g/mol. The van der Waals surface area contributed by atoms with Crippen molar-refractivity contribution in [3.63, 3.8) is 0 Å². The minimum Gasteiger partial charge on any atom is -0.306 e. The van der Waals surface area contributed by atoms with Gasteiger partial charge >= 0.3 is 5.69 Å². The van der Waals surface area contributed by atoms with E-state index in [0.29, 0.717) is 10.5 Å². The Bertz CT molecular complexity index is 1040. The topological polar surface area (TPSA) is 41.0 Å². The van der Waals surface area contributed by atoms with Crippen LogP contribution in [-0.2, 0) is 0 Å². The zero-order valence-electron chi connectivity index (χ0n) is 16.4. The summed E-state index contributed by atoms with van der Waals surface area (Å²) in [6, 6.07) is 15.2. The number of para-hydroxylation sites is 2. The third-order valence-corrected chi connectivity index (χ3v) is 7.96. The number of hydrogen-bond acceptors (Lipinski definition) is 3. The summed E-state index contributed by atoms with van der Waals surface area (Å²) in [6.07, 6.45) is 4.41. The summed E-state index contributed by atoms with van der Waals surface area (Å²) in [4.78, 5) is 18.0. The molecule has 2 atom stereocenters. The predicted molar refractivity (Wildman–Crippen MR) is 117 cm³/mol. The number of fused-ring (bicyclic) bond motifs is 1. The number of H-pyrrole nitrogens is 1. The first-order valence-electron chi connectivity index (χ1n) is 10.5. The van der Waals surface area contributed by atoms with E-state index in [1.165, 1.54) is 18.4 Å². The first-order chi connectivity index (χ1) is 14.2. The molecule has 2 saturated heterocycles. The van der Waals surface area contributed by atoms with E-state index < -0.39 is 0 Å². The Hall–Kier alpha value is -2.05. The summed E-state index contributed by atoms with van der Waals surface area (Å²) in [5.41, 5.74) is 3.20. The van der Waals surface area contributed by atoms with Crippen molar-refractivity contribution in [2.45, 2.75) is 42.2 Å². The summed E-state index contributed by atoms with van der Waals surface area (Å²) < 4.78 is 15.1. The highest BCUT2D eigenvalue weighted by Crippen LogP contribution is 2.45. The van der Waals surface area contributed by atoms with Crippen LogP contribution in [0.5, 0.6) is 0 Å². The number of nitrogens with zero attached hydrogens (tertiary/aromatic N) is 2. The van der Waals surface area contributed by atoms with Crippen LogP contribution < -0.4 is 5.69 Å². The minimum atomic E-state index is -0.162. The molecule has 2 fully saturated rings. The molecular weight excluding hydrogens is 385 g/mol. The van der Waals surface area contributed by atoms with Gasteiger partial charge in [0.25, 0.3) is 0 Å². The largest absolute Gasteiger partial charge is 0.326 e. The Morgan fingerprint density at radius 3 is 2.55 bits per heavy atom. The molecule has 2 unspecified atom stereocenters. The van der Waals surface area contributed by atoms with Crippen molar-refractivity contribution >= 4 is 22.8 Å². The summed E-state index contributed by atoms with van der Waals surface area (Å²) in [5, 5.41) is 1.13. The van der Waals surface area contributed by atoms with E-state index >= 15 is 0 Å². The standard InChI is InChI=1S/C23H26FN3OS/c24-17-7-5-16(6-8-17)22-10-9-19(29-22)15-26-13-11-18(12-14-26)27-21-4-2-1-3-20(21)25-23(27)28/h1-8,18-19,22H,9-15H2,(H,25,28). The maximum absolute atomic E-state index is 13.2. The maximum Gasteiger partial charge on any atom is 0.326 e. The SMILES string of the molecule is O=c1[nH]c2ccccc2n1C1CCN(CC2CCC(c3ccc(F)cc3)S2)CC1. The number of halogens is 1. The van der Waals surface area contributed by atoms with Gasteiger partial charge in [-0.05, 0) is 55.5 Å². The van der Waals surface area contributed by atoms with E-state index in [1.807, 2.05) is 52.7 Å². The second kappa shape index (κ2) is 8.00. The van der Waals surface area contributed by atoms with Crippen molar-refractivity contribution < 1.29 is 4.39 Å². The summed E-state index contributed by atoms with van der Waals surface area (Å²) >= 11 is 2.04. The fraction of sp³-hybridized carbons (Fsp3) is 0.435. The molecule has 29 heavy (non-hydrogen) atoms. The van der Waals surface area contributed by atoms with Crippen molar-refractivity contribution in [1.29, 1.82) is 0 Å². The maximum atomic E-state index is 13.2. The lowest BCUT2D eigenvalue weighted by atomic mass is 10.0. The molecule has 2 aromatic carbocycles. The lowest BCUT2D eigenvalue weighted by molar-refractivity contribution is 0.187. The van der Waals surface area contributed by atoms with Gasteiger partial charge < -0.3 is 9.88 Å². The van der Waals surface area contributed by atoms with Gasteiger partial charge in [-0.15, -0.1) is 11.8 Å². The summed E-state index contributed by atoms with van der Waals surface area (Å²) in [5.74, 6) is -0.162. The van der Waals surface area contributed by atoms with Crippen LogP contribution in [0.15, 0.2) is 53.3 Å². The Balaban J connectivity index is 1.18. The predicted octanol–water partition coefficient (Wildman–Crippen LogP) is 4.74. The van der Waals surface area contributed by atoms with Crippen molar-refractivity contribution in [1.82, 2.24) is 14.5 Å². The number of hydrogen-bond donors (Lipinski definition) is 1. The molecule has 3 heterocycles. The average Bonchev–Trinajstić information content (AvgIpc) is 3.33. The molecule has 0 bridgehead atoms. The lowest BCUT2D eigenvalue weighted by Crippen LogP contribution is -2.39. The van der Waals surface area contributed by atoms with Gasteiger partial charge in [-0.1, -0.05) is 24.3 Å². The van der Waals surface area contributed by atoms with Crippen LogP contribution in [0.3, 0.4) is 0 Å². The molecule has 4 nitrogen and oxygen atoms in total. The molecule has 2 aliphatic heterocycles. The van der Waals surface area contributed by atoms with Crippen molar-refractivity contribution in [3.05, 3.63) is 70.4 Å². The number of nitrogens with one attached hydrogen (secondary N) is 1. The van der Waals surface area contributed by atoms with Gasteiger partial charge in [-0.2, -0.15) is 0 Å². The number of piperidine rings is 1. The van der Waals surface area contributed by atoms with E-state index in [0.717, 1.165) is 43.5 Å². The second-order valence-corrected chi connectivity index (χ2v) is 9.73. The third kappa shape index (κ3) is 3.88. The number of aromatic nitrogens is 2. The van der Waals surface area contributed by atoms with Crippen LogP contribution >= 0.6 is 11.8 Å². The van der Waals surface area contributed by atoms with E-state index in [9.17, 15) is 9.18 Å². The highest BCUT2D eigenvalue weighted by molar-refractivity contribution is 8.00. The number of benzene rings is 2. The Kier molecular flexibility index (Phi) is 5.22. The number of likely N-dealkylation sites (tertiary alicyclic amines) is 1. The van der Waals surface area contributed by atoms with Gasteiger partial charge in [-0.25, -0.2) is 9.18 Å². The van der Waals surface area contributed by atoms with Crippen LogP contribution in [0.25, 0.3) is 11.0 Å². The number of thioether (sulfide) groups is 1. The van der Waals surface area contributed by atoms with E-state index in [-0.39, 0.29) is 17.5 Å². The molecule has 0 aliphatic carbocycles. The van der Waals surface area contributed by atoms with E-state index in [4.69, 9.17) is 0 Å². The van der Waals surface area contributed by atoms with Crippen LogP contribution in [0.4, 0.5) is 4.39 Å². The monoisotopic (exact) mass is 411 g/mol. The molecule has 152 valence electrons. The second-order valence-electron chi connectivity index (χ2n) is 8.22. The molecule has 0 radical (unpaired) electrons. The first-order valence-corrected chi connectivity index (χ1v) is 11.4. The lowest BCUT2D eigenvalue weighted by Gasteiger charge is -2.33. The van der Waals surface area contributed by atoms with Gasteiger partial charge in [0, 0.05) is 36.2 Å². The zero-order valence-corrected chi connectivity index (χ0v) is 17.2. The highest BCUT2D eigenvalue weighted by Gasteiger charge is 2.30. The van der Waals surface area contributed by atoms with Crippen LogP contribution in [0.2, 0.25) is 0 Å². The van der Waals surface area contributed by atoms with Gasteiger partial charge in [0.15, 0.2) is 0 Å². The molecule has 5 rings (SSSR count). The molecule has 0 amide bonds. The first kappa shape index (κ1) is 18.9. The molecule has 0 saturated carbocycles. The molecule has 2 aliphatic rings. The number of aromatic amines is 1. The highest BCUT2D eigenvalue weighted by atomic mass is 32.2. The van der Waals surface area contributed by atoms with E-state index in [1.54, 1.807) is 12.1 Å². The molecule has 3 aromatic rings. The molecule has 1 N–H and O–H groups in total. The van der Waals surface area contributed by atoms with Crippen molar-refractivity contribution in [3.8, 4) is 0 Å². The zero-order chi connectivity index (χ0) is 19.8. The Morgan fingerprint density at radius 1 is 1.00 bits per heavy atom.